The average Bonchev–Trinajstić information content (AvgIpc) is 3.32. The molecule has 0 saturated carbocycles. The zero-order valence-corrected chi connectivity index (χ0v) is 21.4. The minimum atomic E-state index is -0.156. The Morgan fingerprint density at radius 1 is 1.21 bits per heavy atom. The van der Waals surface area contributed by atoms with E-state index < -0.39 is 0 Å². The van der Waals surface area contributed by atoms with Crippen LogP contribution in [0.4, 0.5) is 11.5 Å². The molecule has 34 heavy (non-hydrogen) atoms. The maximum atomic E-state index is 12.2. The van der Waals surface area contributed by atoms with Crippen LogP contribution < -0.4 is 4.90 Å². The number of esters is 1. The summed E-state index contributed by atoms with van der Waals surface area (Å²) in [6.45, 7) is 14.6. The van der Waals surface area contributed by atoms with Gasteiger partial charge in [-0.05, 0) is 89.6 Å². The van der Waals surface area contributed by atoms with Crippen LogP contribution in [0.5, 0.6) is 0 Å². The van der Waals surface area contributed by atoms with E-state index in [9.17, 15) is 4.79 Å². The summed E-state index contributed by atoms with van der Waals surface area (Å²) < 4.78 is 5.23. The Morgan fingerprint density at radius 2 is 1.97 bits per heavy atom. The lowest BCUT2D eigenvalue weighted by Crippen LogP contribution is -2.51. The van der Waals surface area contributed by atoms with Crippen molar-refractivity contribution in [2.45, 2.75) is 83.6 Å². The number of hydrogen-bond acceptors (Lipinski definition) is 6. The average molecular weight is 463 g/mol. The summed E-state index contributed by atoms with van der Waals surface area (Å²) in [5.74, 6) is 1.41. The molecule has 1 aliphatic carbocycles. The zero-order valence-electron chi connectivity index (χ0n) is 21.4. The molecule has 1 unspecified atom stereocenters. The Labute approximate surface area is 203 Å². The molecule has 3 heterocycles. The molecular weight excluding hydrogens is 424 g/mol. The fraction of sp³-hybridized carbons (Fsp3) is 0.607. The van der Waals surface area contributed by atoms with Gasteiger partial charge in [-0.1, -0.05) is 19.1 Å². The van der Waals surface area contributed by atoms with E-state index >= 15 is 0 Å². The molecular formula is C28H38N4O2. The van der Waals surface area contributed by atoms with Crippen LogP contribution in [-0.2, 0) is 27.8 Å². The van der Waals surface area contributed by atoms with Crippen LogP contribution in [0.15, 0.2) is 24.5 Å². The van der Waals surface area contributed by atoms with Gasteiger partial charge in [0.05, 0.1) is 13.0 Å². The van der Waals surface area contributed by atoms with Crippen molar-refractivity contribution in [2.24, 2.45) is 0 Å². The topological polar surface area (TPSA) is 58.6 Å². The van der Waals surface area contributed by atoms with Gasteiger partial charge in [-0.15, -0.1) is 0 Å². The van der Waals surface area contributed by atoms with Crippen molar-refractivity contribution in [2.75, 3.05) is 31.1 Å². The second-order valence-corrected chi connectivity index (χ2v) is 11.4. The molecule has 0 amide bonds. The number of hydrogen-bond donors (Lipinski definition) is 0. The summed E-state index contributed by atoms with van der Waals surface area (Å²) in [6.07, 6.45) is 6.47. The number of aryl methyl sites for hydroxylation is 1. The van der Waals surface area contributed by atoms with Crippen LogP contribution in [-0.4, -0.2) is 52.6 Å². The van der Waals surface area contributed by atoms with Crippen LogP contribution in [0.1, 0.15) is 82.2 Å². The van der Waals surface area contributed by atoms with Gasteiger partial charge < -0.3 is 9.64 Å². The van der Waals surface area contributed by atoms with E-state index in [2.05, 4.69) is 60.7 Å². The Bertz CT molecular complexity index is 1080. The van der Waals surface area contributed by atoms with Crippen LogP contribution in [0.3, 0.4) is 0 Å². The highest BCUT2D eigenvalue weighted by Crippen LogP contribution is 2.52. The number of rotatable bonds is 4. The van der Waals surface area contributed by atoms with Gasteiger partial charge in [0.25, 0.3) is 0 Å². The van der Waals surface area contributed by atoms with Gasteiger partial charge in [-0.3, -0.25) is 9.69 Å². The van der Waals surface area contributed by atoms with E-state index in [4.69, 9.17) is 9.72 Å². The van der Waals surface area contributed by atoms with Crippen molar-refractivity contribution >= 4 is 17.5 Å². The summed E-state index contributed by atoms with van der Waals surface area (Å²) in [7, 11) is 0. The summed E-state index contributed by atoms with van der Waals surface area (Å²) in [4.78, 5) is 26.7. The minimum Gasteiger partial charge on any atom is -0.466 e. The van der Waals surface area contributed by atoms with Crippen molar-refractivity contribution in [3.63, 3.8) is 0 Å². The lowest BCUT2D eigenvalue weighted by Gasteiger charge is -2.45. The van der Waals surface area contributed by atoms with Gasteiger partial charge >= 0.3 is 5.97 Å². The monoisotopic (exact) mass is 462 g/mol. The fourth-order valence-corrected chi connectivity index (χ4v) is 6.27. The van der Waals surface area contributed by atoms with Crippen molar-refractivity contribution in [1.29, 1.82) is 0 Å². The molecule has 3 aliphatic rings. The maximum Gasteiger partial charge on any atom is 0.310 e. The summed E-state index contributed by atoms with van der Waals surface area (Å²) in [6, 6.07) is 6.59. The first-order valence-corrected chi connectivity index (χ1v) is 12.9. The second kappa shape index (κ2) is 8.63. The molecule has 0 bridgehead atoms. The number of nitrogens with zero attached hydrogens (tertiary/aromatic N) is 4. The number of anilines is 2. The number of fused-ring (bicyclic) bond motifs is 3. The number of ether oxygens (including phenoxy) is 1. The first-order chi connectivity index (χ1) is 16.2. The van der Waals surface area contributed by atoms with Crippen LogP contribution >= 0.6 is 0 Å². The standard InChI is InChI=1S/C28H38N4O2/c1-6-34-24(33)16-20-8-10-23-21(15-20)28(11-13-31(14-12-28)27(3,4)5)17-32(23)26-25-19(2)7-9-22(25)29-18-30-26/h8,10,15,18-19H,6-7,9,11-14,16-17H2,1-5H3. The molecule has 0 radical (unpaired) electrons. The van der Waals surface area contributed by atoms with Crippen molar-refractivity contribution in [3.8, 4) is 0 Å². The number of carbonyl (C=O) groups excluding carboxylic acids is 1. The molecule has 1 saturated heterocycles. The third-order valence-corrected chi connectivity index (χ3v) is 8.21. The number of likely N-dealkylation sites (tertiary alicyclic amines) is 1. The molecule has 182 valence electrons. The van der Waals surface area contributed by atoms with Gasteiger partial charge in [0.2, 0.25) is 0 Å². The number of benzene rings is 1. The highest BCUT2D eigenvalue weighted by atomic mass is 16.5. The molecule has 1 fully saturated rings. The number of carbonyl (C=O) groups is 1. The van der Waals surface area contributed by atoms with Gasteiger partial charge in [-0.25, -0.2) is 9.97 Å². The first-order valence-electron chi connectivity index (χ1n) is 12.9. The first kappa shape index (κ1) is 23.3. The third-order valence-electron chi connectivity index (χ3n) is 8.21. The third kappa shape index (κ3) is 4.00. The zero-order chi connectivity index (χ0) is 24.1. The summed E-state index contributed by atoms with van der Waals surface area (Å²) >= 11 is 0. The molecule has 2 aliphatic heterocycles. The van der Waals surface area contributed by atoms with Crippen LogP contribution in [0, 0.1) is 0 Å². The molecule has 6 nitrogen and oxygen atoms in total. The Balaban J connectivity index is 1.54. The highest BCUT2D eigenvalue weighted by molar-refractivity contribution is 5.77. The van der Waals surface area contributed by atoms with Gasteiger partial charge in [0, 0.05) is 34.4 Å². The molecule has 1 aromatic carbocycles. The van der Waals surface area contributed by atoms with E-state index in [-0.39, 0.29) is 16.9 Å². The number of aromatic nitrogens is 2. The van der Waals surface area contributed by atoms with Gasteiger partial charge in [0.1, 0.15) is 12.1 Å². The quantitative estimate of drug-likeness (QED) is 0.602. The highest BCUT2D eigenvalue weighted by Gasteiger charge is 2.47. The predicted octanol–water partition coefficient (Wildman–Crippen LogP) is 4.92. The minimum absolute atomic E-state index is 0.0709. The lowest BCUT2D eigenvalue weighted by atomic mass is 9.73. The van der Waals surface area contributed by atoms with E-state index in [1.54, 1.807) is 6.33 Å². The van der Waals surface area contributed by atoms with Crippen LogP contribution in [0.25, 0.3) is 0 Å². The molecule has 1 spiro atoms. The van der Waals surface area contributed by atoms with Gasteiger partial charge in [-0.2, -0.15) is 0 Å². The SMILES string of the molecule is CCOC(=O)Cc1ccc2c(c1)C1(CCN(C(C)(C)C)CC1)CN2c1ncnc2c1C(C)CC2. The molecule has 1 aromatic heterocycles. The van der Waals surface area contributed by atoms with E-state index in [1.807, 2.05) is 6.92 Å². The Morgan fingerprint density at radius 3 is 2.68 bits per heavy atom. The van der Waals surface area contributed by atoms with Crippen molar-refractivity contribution < 1.29 is 9.53 Å². The van der Waals surface area contributed by atoms with Crippen molar-refractivity contribution in [3.05, 3.63) is 46.9 Å². The summed E-state index contributed by atoms with van der Waals surface area (Å²) in [5, 5.41) is 0. The molecule has 6 heteroatoms. The van der Waals surface area contributed by atoms with Crippen molar-refractivity contribution in [1.82, 2.24) is 14.9 Å². The molecule has 5 rings (SSSR count). The van der Waals surface area contributed by atoms with E-state index in [0.29, 0.717) is 18.9 Å². The normalized spacial score (nSPS) is 21.6. The van der Waals surface area contributed by atoms with Gasteiger partial charge in [0.15, 0.2) is 0 Å². The Kier molecular flexibility index (Phi) is 5.91. The molecule has 1 atom stereocenters. The maximum absolute atomic E-state index is 12.2. The smallest absolute Gasteiger partial charge is 0.310 e. The molecule has 2 aromatic rings. The fourth-order valence-electron chi connectivity index (χ4n) is 6.27. The molecule has 0 N–H and O–H groups in total. The van der Waals surface area contributed by atoms with E-state index in [1.165, 1.54) is 22.5 Å². The van der Waals surface area contributed by atoms with E-state index in [0.717, 1.165) is 56.7 Å². The summed E-state index contributed by atoms with van der Waals surface area (Å²) in [5.41, 5.74) is 6.45. The Hall–Kier alpha value is -2.47. The predicted molar refractivity (Wildman–Crippen MR) is 135 cm³/mol. The number of piperidine rings is 1. The lowest BCUT2D eigenvalue weighted by molar-refractivity contribution is -0.142. The second-order valence-electron chi connectivity index (χ2n) is 11.4. The van der Waals surface area contributed by atoms with Crippen LogP contribution in [0.2, 0.25) is 0 Å². The largest absolute Gasteiger partial charge is 0.466 e.